The summed E-state index contributed by atoms with van der Waals surface area (Å²) in [7, 11) is 0. The number of halogens is 2. The molecule has 0 radical (unpaired) electrons. The summed E-state index contributed by atoms with van der Waals surface area (Å²) in [5, 5.41) is 5.77. The average molecular weight is 290 g/mol. The molecule has 5 heteroatoms. The Balaban J connectivity index is 2.05. The van der Waals surface area contributed by atoms with Gasteiger partial charge in [-0.15, -0.1) is 0 Å². The molecule has 0 saturated heterocycles. The fourth-order valence-electron chi connectivity index (χ4n) is 1.85. The minimum Gasteiger partial charge on any atom is -0.322 e. The van der Waals surface area contributed by atoms with E-state index in [0.29, 0.717) is 11.8 Å². The Labute approximate surface area is 122 Å². The summed E-state index contributed by atoms with van der Waals surface area (Å²) in [4.78, 5) is 11.9. The van der Waals surface area contributed by atoms with Crippen molar-refractivity contribution in [1.29, 1.82) is 0 Å². The second-order valence-electron chi connectivity index (χ2n) is 4.56. The van der Waals surface area contributed by atoms with E-state index < -0.39 is 17.5 Å². The van der Waals surface area contributed by atoms with Gasteiger partial charge in [0.05, 0.1) is 5.56 Å². The molecule has 0 bridgehead atoms. The molecule has 0 spiro atoms. The first-order valence-corrected chi connectivity index (χ1v) is 6.66. The summed E-state index contributed by atoms with van der Waals surface area (Å²) < 4.78 is 26.3. The minimum absolute atomic E-state index is 0.187. The van der Waals surface area contributed by atoms with E-state index in [9.17, 15) is 13.6 Å². The van der Waals surface area contributed by atoms with Gasteiger partial charge in [0.15, 0.2) is 0 Å². The lowest BCUT2D eigenvalue weighted by Crippen LogP contribution is -2.14. The third kappa shape index (κ3) is 4.10. The summed E-state index contributed by atoms with van der Waals surface area (Å²) in [6.45, 7) is 3.64. The zero-order valence-corrected chi connectivity index (χ0v) is 11.6. The predicted molar refractivity (Wildman–Crippen MR) is 78.1 cm³/mol. The summed E-state index contributed by atoms with van der Waals surface area (Å²) in [5.41, 5.74) is 1.46. The van der Waals surface area contributed by atoms with Crippen molar-refractivity contribution >= 4 is 11.6 Å². The number of nitrogens with one attached hydrogen (secondary N) is 2. The highest BCUT2D eigenvalue weighted by atomic mass is 19.1. The molecule has 0 aromatic heterocycles. The largest absolute Gasteiger partial charge is 0.322 e. The van der Waals surface area contributed by atoms with Crippen LogP contribution in [0.5, 0.6) is 0 Å². The van der Waals surface area contributed by atoms with Gasteiger partial charge < -0.3 is 10.6 Å². The van der Waals surface area contributed by atoms with Gasteiger partial charge in [0.25, 0.3) is 5.91 Å². The van der Waals surface area contributed by atoms with E-state index in [4.69, 9.17) is 0 Å². The van der Waals surface area contributed by atoms with E-state index in [1.807, 2.05) is 19.1 Å². The maximum atomic E-state index is 13.5. The van der Waals surface area contributed by atoms with Gasteiger partial charge in [-0.1, -0.05) is 19.1 Å². The zero-order valence-electron chi connectivity index (χ0n) is 11.6. The van der Waals surface area contributed by atoms with Gasteiger partial charge in [-0.2, -0.15) is 0 Å². The Morgan fingerprint density at radius 2 is 1.81 bits per heavy atom. The molecule has 0 heterocycles. The summed E-state index contributed by atoms with van der Waals surface area (Å²) >= 11 is 0. The first-order chi connectivity index (χ1) is 10.1. The van der Waals surface area contributed by atoms with Crippen molar-refractivity contribution in [3.05, 3.63) is 65.2 Å². The molecule has 0 atom stereocenters. The van der Waals surface area contributed by atoms with Crippen LogP contribution in [0.25, 0.3) is 0 Å². The van der Waals surface area contributed by atoms with Crippen molar-refractivity contribution in [3.63, 3.8) is 0 Å². The van der Waals surface area contributed by atoms with Crippen LogP contribution in [0.4, 0.5) is 14.5 Å². The van der Waals surface area contributed by atoms with E-state index in [2.05, 4.69) is 10.6 Å². The molecule has 0 fully saturated rings. The lowest BCUT2D eigenvalue weighted by atomic mass is 10.1. The number of anilines is 1. The standard InChI is InChI=1S/C16H16F2N2O/c1-2-19-10-11-3-6-13(7-4-11)20-16(21)14-8-5-12(17)9-15(14)18/h3-9,19H,2,10H2,1H3,(H,20,21). The third-order valence-corrected chi connectivity index (χ3v) is 2.97. The Hall–Kier alpha value is -2.27. The van der Waals surface area contributed by atoms with Crippen molar-refractivity contribution in [2.45, 2.75) is 13.5 Å². The highest BCUT2D eigenvalue weighted by molar-refractivity contribution is 6.04. The smallest absolute Gasteiger partial charge is 0.258 e. The van der Waals surface area contributed by atoms with Gasteiger partial charge in [-0.25, -0.2) is 8.78 Å². The first-order valence-electron chi connectivity index (χ1n) is 6.66. The monoisotopic (exact) mass is 290 g/mol. The second-order valence-corrected chi connectivity index (χ2v) is 4.56. The molecule has 2 aromatic carbocycles. The van der Waals surface area contributed by atoms with Gasteiger partial charge in [0, 0.05) is 18.3 Å². The summed E-state index contributed by atoms with van der Waals surface area (Å²) in [6.07, 6.45) is 0. The molecule has 2 N–H and O–H groups in total. The number of benzene rings is 2. The number of amides is 1. The van der Waals surface area contributed by atoms with Crippen LogP contribution in [0.1, 0.15) is 22.8 Å². The van der Waals surface area contributed by atoms with Gasteiger partial charge >= 0.3 is 0 Å². The molecule has 2 rings (SSSR count). The summed E-state index contributed by atoms with van der Waals surface area (Å²) in [5.74, 6) is -2.19. The molecular formula is C16H16F2N2O. The van der Waals surface area contributed by atoms with Crippen molar-refractivity contribution in [3.8, 4) is 0 Å². The maximum Gasteiger partial charge on any atom is 0.258 e. The summed E-state index contributed by atoms with van der Waals surface area (Å²) in [6, 6.07) is 10.1. The van der Waals surface area contributed by atoms with Crippen molar-refractivity contribution in [2.75, 3.05) is 11.9 Å². The number of carbonyl (C=O) groups is 1. The molecule has 21 heavy (non-hydrogen) atoms. The number of hydrogen-bond donors (Lipinski definition) is 2. The van der Waals surface area contributed by atoms with Crippen LogP contribution in [0.2, 0.25) is 0 Å². The fraction of sp³-hybridized carbons (Fsp3) is 0.188. The van der Waals surface area contributed by atoms with E-state index in [0.717, 1.165) is 30.8 Å². The van der Waals surface area contributed by atoms with Gasteiger partial charge in [0.2, 0.25) is 0 Å². The van der Waals surface area contributed by atoms with Crippen LogP contribution in [0, 0.1) is 11.6 Å². The lowest BCUT2D eigenvalue weighted by molar-refractivity contribution is 0.102. The highest BCUT2D eigenvalue weighted by Gasteiger charge is 2.12. The van der Waals surface area contributed by atoms with E-state index in [1.54, 1.807) is 12.1 Å². The quantitative estimate of drug-likeness (QED) is 0.887. The Bertz CT molecular complexity index is 627. The number of hydrogen-bond acceptors (Lipinski definition) is 2. The zero-order chi connectivity index (χ0) is 15.2. The molecule has 0 saturated carbocycles. The number of rotatable bonds is 5. The van der Waals surface area contributed by atoms with Crippen LogP contribution in [0.3, 0.4) is 0 Å². The van der Waals surface area contributed by atoms with E-state index in [1.165, 1.54) is 0 Å². The Morgan fingerprint density at radius 3 is 2.43 bits per heavy atom. The van der Waals surface area contributed by atoms with Crippen LogP contribution in [-0.4, -0.2) is 12.5 Å². The van der Waals surface area contributed by atoms with E-state index in [-0.39, 0.29) is 5.56 Å². The molecule has 0 aliphatic heterocycles. The SMILES string of the molecule is CCNCc1ccc(NC(=O)c2ccc(F)cc2F)cc1. The molecule has 0 aliphatic rings. The van der Waals surface area contributed by atoms with Crippen LogP contribution in [-0.2, 0) is 6.54 Å². The minimum atomic E-state index is -0.878. The molecule has 110 valence electrons. The molecule has 0 unspecified atom stereocenters. The predicted octanol–water partition coefficient (Wildman–Crippen LogP) is 3.33. The lowest BCUT2D eigenvalue weighted by Gasteiger charge is -2.08. The molecule has 3 nitrogen and oxygen atoms in total. The van der Waals surface area contributed by atoms with Crippen LogP contribution in [0.15, 0.2) is 42.5 Å². The van der Waals surface area contributed by atoms with Gasteiger partial charge in [0.1, 0.15) is 11.6 Å². The normalized spacial score (nSPS) is 10.4. The topological polar surface area (TPSA) is 41.1 Å². The van der Waals surface area contributed by atoms with Gasteiger partial charge in [-0.05, 0) is 36.4 Å². The van der Waals surface area contributed by atoms with Crippen molar-refractivity contribution < 1.29 is 13.6 Å². The third-order valence-electron chi connectivity index (χ3n) is 2.97. The molecular weight excluding hydrogens is 274 g/mol. The fourth-order valence-corrected chi connectivity index (χ4v) is 1.85. The van der Waals surface area contributed by atoms with E-state index >= 15 is 0 Å². The Kier molecular flexibility index (Phi) is 5.00. The Morgan fingerprint density at radius 1 is 1.10 bits per heavy atom. The number of carbonyl (C=O) groups excluding carboxylic acids is 1. The first kappa shape index (κ1) is 15.1. The van der Waals surface area contributed by atoms with Crippen molar-refractivity contribution in [1.82, 2.24) is 5.32 Å². The molecule has 1 amide bonds. The van der Waals surface area contributed by atoms with Crippen LogP contribution < -0.4 is 10.6 Å². The maximum absolute atomic E-state index is 13.5. The highest BCUT2D eigenvalue weighted by Crippen LogP contribution is 2.14. The van der Waals surface area contributed by atoms with Crippen LogP contribution >= 0.6 is 0 Å². The average Bonchev–Trinajstić information content (AvgIpc) is 2.46. The van der Waals surface area contributed by atoms with Gasteiger partial charge in [-0.3, -0.25) is 4.79 Å². The molecule has 2 aromatic rings. The van der Waals surface area contributed by atoms with Crippen molar-refractivity contribution in [2.24, 2.45) is 0 Å². The second kappa shape index (κ2) is 6.95. The molecule has 0 aliphatic carbocycles.